The van der Waals surface area contributed by atoms with E-state index in [2.05, 4.69) is 15.4 Å². The Morgan fingerprint density at radius 3 is 2.92 bits per heavy atom. The van der Waals surface area contributed by atoms with E-state index in [0.717, 1.165) is 29.1 Å². The Morgan fingerprint density at radius 1 is 1.38 bits per heavy atom. The summed E-state index contributed by atoms with van der Waals surface area (Å²) in [6.07, 6.45) is 4.38. The van der Waals surface area contributed by atoms with Crippen LogP contribution in [0.25, 0.3) is 5.69 Å². The minimum absolute atomic E-state index is 0.142. The van der Waals surface area contributed by atoms with Crippen LogP contribution in [0, 0.1) is 0 Å². The molecule has 1 saturated carbocycles. The summed E-state index contributed by atoms with van der Waals surface area (Å²) in [5.41, 5.74) is 4.12. The summed E-state index contributed by atoms with van der Waals surface area (Å²) in [6, 6.07) is 7.82. The van der Waals surface area contributed by atoms with Crippen molar-refractivity contribution in [1.29, 1.82) is 0 Å². The minimum Gasteiger partial charge on any atom is -0.465 e. The van der Waals surface area contributed by atoms with E-state index in [1.165, 1.54) is 7.11 Å². The summed E-state index contributed by atoms with van der Waals surface area (Å²) >= 11 is 5.96. The van der Waals surface area contributed by atoms with E-state index in [-0.39, 0.29) is 17.8 Å². The SMILES string of the molecule is COC(=O)c1cnn(-c2cccc(CCl)c2)c1C1CC1c1cn(C)nn1. The third kappa shape index (κ3) is 2.88. The van der Waals surface area contributed by atoms with Crippen LogP contribution in [0.2, 0.25) is 0 Å². The minimum atomic E-state index is -0.385. The molecule has 2 atom stereocenters. The molecule has 0 saturated heterocycles. The third-order valence-electron chi connectivity index (χ3n) is 4.66. The molecule has 0 spiro atoms. The van der Waals surface area contributed by atoms with Crippen LogP contribution < -0.4 is 0 Å². The molecule has 7 nitrogen and oxygen atoms in total. The van der Waals surface area contributed by atoms with Gasteiger partial charge in [0.2, 0.25) is 0 Å². The van der Waals surface area contributed by atoms with Crippen molar-refractivity contribution in [3.8, 4) is 5.69 Å². The molecule has 2 heterocycles. The first-order valence-corrected chi connectivity index (χ1v) is 8.83. The van der Waals surface area contributed by atoms with Crippen LogP contribution in [0.1, 0.15) is 45.6 Å². The Hall–Kier alpha value is -2.67. The molecule has 1 aliphatic rings. The van der Waals surface area contributed by atoms with E-state index < -0.39 is 0 Å². The molecule has 0 aliphatic heterocycles. The number of hydrogen-bond donors (Lipinski definition) is 0. The highest BCUT2D eigenvalue weighted by Gasteiger charge is 2.46. The zero-order valence-corrected chi connectivity index (χ0v) is 15.2. The standard InChI is InChI=1S/C18H18ClN5O2/c1-23-10-16(21-22-23)13-7-14(13)17-15(18(25)26-2)9-20-24(17)12-5-3-4-11(6-12)8-19/h3-6,9-10,13-14H,7-8H2,1-2H3. The van der Waals surface area contributed by atoms with E-state index >= 15 is 0 Å². The second kappa shape index (κ2) is 6.57. The van der Waals surface area contributed by atoms with Gasteiger partial charge in [-0.05, 0) is 24.1 Å². The van der Waals surface area contributed by atoms with E-state index in [4.69, 9.17) is 16.3 Å². The summed E-state index contributed by atoms with van der Waals surface area (Å²) in [4.78, 5) is 12.3. The Balaban J connectivity index is 1.76. The topological polar surface area (TPSA) is 74.8 Å². The van der Waals surface area contributed by atoms with Crippen LogP contribution in [-0.4, -0.2) is 37.9 Å². The van der Waals surface area contributed by atoms with Crippen molar-refractivity contribution in [2.45, 2.75) is 24.1 Å². The van der Waals surface area contributed by atoms with Crippen molar-refractivity contribution in [2.24, 2.45) is 7.05 Å². The van der Waals surface area contributed by atoms with Crippen molar-refractivity contribution < 1.29 is 9.53 Å². The van der Waals surface area contributed by atoms with Gasteiger partial charge in [-0.1, -0.05) is 17.3 Å². The largest absolute Gasteiger partial charge is 0.465 e. The van der Waals surface area contributed by atoms with Gasteiger partial charge in [0.1, 0.15) is 5.56 Å². The predicted octanol–water partition coefficient (Wildman–Crippen LogP) is 2.80. The van der Waals surface area contributed by atoms with E-state index in [0.29, 0.717) is 11.4 Å². The van der Waals surface area contributed by atoms with Crippen LogP contribution in [0.15, 0.2) is 36.7 Å². The summed E-state index contributed by atoms with van der Waals surface area (Å²) in [5.74, 6) is 0.395. The van der Waals surface area contributed by atoms with Crippen molar-refractivity contribution in [1.82, 2.24) is 24.8 Å². The molecule has 2 aromatic heterocycles. The first-order valence-electron chi connectivity index (χ1n) is 8.30. The molecular formula is C18H18ClN5O2. The van der Waals surface area contributed by atoms with Gasteiger partial charge in [-0.2, -0.15) is 5.10 Å². The highest BCUT2D eigenvalue weighted by atomic mass is 35.5. The number of nitrogens with zero attached hydrogens (tertiary/aromatic N) is 5. The number of methoxy groups -OCH3 is 1. The zero-order chi connectivity index (χ0) is 18.3. The average molecular weight is 372 g/mol. The molecule has 4 rings (SSSR count). The van der Waals surface area contributed by atoms with Crippen LogP contribution in [-0.2, 0) is 17.7 Å². The molecule has 134 valence electrons. The second-order valence-electron chi connectivity index (χ2n) is 6.42. The van der Waals surface area contributed by atoms with Crippen molar-refractivity contribution in [3.05, 3.63) is 59.2 Å². The number of alkyl halides is 1. The molecule has 1 fully saturated rings. The molecular weight excluding hydrogens is 354 g/mol. The van der Waals surface area contributed by atoms with Gasteiger partial charge in [0.25, 0.3) is 0 Å². The zero-order valence-electron chi connectivity index (χ0n) is 14.5. The van der Waals surface area contributed by atoms with Crippen molar-refractivity contribution in [2.75, 3.05) is 7.11 Å². The monoisotopic (exact) mass is 371 g/mol. The molecule has 3 aromatic rings. The number of halogens is 1. The van der Waals surface area contributed by atoms with Gasteiger partial charge in [0.05, 0.1) is 30.4 Å². The fourth-order valence-corrected chi connectivity index (χ4v) is 3.48. The third-order valence-corrected chi connectivity index (χ3v) is 4.97. The Kier molecular flexibility index (Phi) is 4.24. The number of aromatic nitrogens is 5. The Labute approximate surface area is 155 Å². The smallest absolute Gasteiger partial charge is 0.341 e. The Morgan fingerprint density at radius 2 is 2.23 bits per heavy atom. The van der Waals surface area contributed by atoms with Gasteiger partial charge in [0, 0.05) is 31.0 Å². The molecule has 1 aliphatic carbocycles. The van der Waals surface area contributed by atoms with E-state index in [9.17, 15) is 4.79 Å². The number of esters is 1. The first-order chi connectivity index (χ1) is 12.6. The number of aryl methyl sites for hydroxylation is 1. The molecule has 0 radical (unpaired) electrons. The molecule has 8 heteroatoms. The molecule has 0 N–H and O–H groups in total. The van der Waals surface area contributed by atoms with Gasteiger partial charge < -0.3 is 4.74 Å². The normalized spacial score (nSPS) is 18.7. The maximum atomic E-state index is 12.3. The number of hydrogen-bond acceptors (Lipinski definition) is 5. The Bertz CT molecular complexity index is 964. The summed E-state index contributed by atoms with van der Waals surface area (Å²) in [5, 5.41) is 12.7. The molecule has 0 bridgehead atoms. The highest BCUT2D eigenvalue weighted by molar-refractivity contribution is 6.17. The summed E-state index contributed by atoms with van der Waals surface area (Å²) in [7, 11) is 3.22. The van der Waals surface area contributed by atoms with Crippen molar-refractivity contribution >= 4 is 17.6 Å². The van der Waals surface area contributed by atoms with Gasteiger partial charge in [-0.25, -0.2) is 9.48 Å². The maximum Gasteiger partial charge on any atom is 0.341 e. The van der Waals surface area contributed by atoms with Crippen molar-refractivity contribution in [3.63, 3.8) is 0 Å². The number of carbonyl (C=O) groups excluding carboxylic acids is 1. The number of ether oxygens (including phenoxy) is 1. The van der Waals surface area contributed by atoms with E-state index in [1.54, 1.807) is 10.9 Å². The molecule has 26 heavy (non-hydrogen) atoms. The maximum absolute atomic E-state index is 12.3. The average Bonchev–Trinajstić information content (AvgIpc) is 3.12. The van der Waals surface area contributed by atoms with Gasteiger partial charge in [-0.3, -0.25) is 4.68 Å². The number of rotatable bonds is 5. The lowest BCUT2D eigenvalue weighted by atomic mass is 10.1. The van der Waals surface area contributed by atoms with Crippen LogP contribution in [0.5, 0.6) is 0 Å². The lowest BCUT2D eigenvalue weighted by Crippen LogP contribution is -2.08. The fourth-order valence-electron chi connectivity index (χ4n) is 3.32. The predicted molar refractivity (Wildman–Crippen MR) is 95.6 cm³/mol. The molecule has 0 amide bonds. The quantitative estimate of drug-likeness (QED) is 0.509. The summed E-state index contributed by atoms with van der Waals surface area (Å²) in [6.45, 7) is 0. The van der Waals surface area contributed by atoms with Crippen LogP contribution in [0.3, 0.4) is 0 Å². The second-order valence-corrected chi connectivity index (χ2v) is 6.68. The number of benzene rings is 1. The van der Waals surface area contributed by atoms with Gasteiger partial charge in [0.15, 0.2) is 0 Å². The fraction of sp³-hybridized carbons (Fsp3) is 0.333. The van der Waals surface area contributed by atoms with E-state index in [1.807, 2.05) is 42.2 Å². The lowest BCUT2D eigenvalue weighted by molar-refractivity contribution is 0.0599. The highest BCUT2D eigenvalue weighted by Crippen LogP contribution is 2.55. The van der Waals surface area contributed by atoms with Gasteiger partial charge in [-0.15, -0.1) is 16.7 Å². The first kappa shape index (κ1) is 16.8. The van der Waals surface area contributed by atoms with Crippen LogP contribution >= 0.6 is 11.6 Å². The molecule has 2 unspecified atom stereocenters. The number of carbonyl (C=O) groups is 1. The van der Waals surface area contributed by atoms with Gasteiger partial charge >= 0.3 is 5.97 Å². The molecule has 1 aromatic carbocycles. The van der Waals surface area contributed by atoms with Crippen LogP contribution in [0.4, 0.5) is 0 Å². The lowest BCUT2D eigenvalue weighted by Gasteiger charge is -2.10. The summed E-state index contributed by atoms with van der Waals surface area (Å²) < 4.78 is 8.45.